The van der Waals surface area contributed by atoms with Crippen LogP contribution in [0.5, 0.6) is 0 Å². The number of hydrogen-bond donors (Lipinski definition) is 1. The van der Waals surface area contributed by atoms with Gasteiger partial charge in [0.2, 0.25) is 0 Å². The molecule has 42 heavy (non-hydrogen) atoms. The molecule has 6 nitrogen and oxygen atoms in total. The van der Waals surface area contributed by atoms with Crippen molar-refractivity contribution in [2.75, 3.05) is 6.26 Å². The second kappa shape index (κ2) is 11.6. The van der Waals surface area contributed by atoms with Crippen molar-refractivity contribution in [2.24, 2.45) is 5.41 Å². The zero-order valence-corrected chi connectivity index (χ0v) is 29.1. The molecule has 0 saturated carbocycles. The van der Waals surface area contributed by atoms with Crippen LogP contribution in [0.15, 0.2) is 42.5 Å². The van der Waals surface area contributed by atoms with Gasteiger partial charge in [0.05, 0.1) is 18.5 Å². The second-order valence-electron chi connectivity index (χ2n) is 15.1. The Morgan fingerprint density at radius 1 is 1.14 bits per heavy atom. The number of allylic oxidation sites excluding steroid dienone is 1. The highest BCUT2D eigenvalue weighted by Crippen LogP contribution is 2.54. The molecule has 4 rings (SSSR count). The Bertz CT molecular complexity index is 1420. The molecule has 0 aliphatic heterocycles. The van der Waals surface area contributed by atoms with E-state index in [0.29, 0.717) is 0 Å². The van der Waals surface area contributed by atoms with Crippen molar-refractivity contribution in [1.82, 2.24) is 4.98 Å². The Morgan fingerprint density at radius 3 is 2.31 bits per heavy atom. The van der Waals surface area contributed by atoms with Gasteiger partial charge in [-0.3, -0.25) is 9.17 Å². The zero-order valence-electron chi connectivity index (χ0n) is 27.2. The molecule has 0 radical (unpaired) electrons. The summed E-state index contributed by atoms with van der Waals surface area (Å²) in [4.78, 5) is 5.31. The SMILES string of the molecule is CC(C)c1nc2c(cc1[C@H](O)c1ccc(COS(C)(=O)=O)cc1)[C@@H](C1(O[Si](C)(C)C(C)(C)C)C=CCC1)CC(C)(C)C2. The van der Waals surface area contributed by atoms with Crippen molar-refractivity contribution in [3.63, 3.8) is 0 Å². The average Bonchev–Trinajstić information content (AvgIpc) is 3.33. The highest BCUT2D eigenvalue weighted by atomic mass is 32.2. The summed E-state index contributed by atoms with van der Waals surface area (Å²) in [6.07, 6.45) is 8.65. The predicted molar refractivity (Wildman–Crippen MR) is 173 cm³/mol. The molecular weight excluding hydrogens is 563 g/mol. The number of benzene rings is 1. The van der Waals surface area contributed by atoms with Crippen molar-refractivity contribution < 1.29 is 22.1 Å². The van der Waals surface area contributed by atoms with Crippen LogP contribution in [-0.4, -0.2) is 38.7 Å². The van der Waals surface area contributed by atoms with Crippen molar-refractivity contribution in [3.8, 4) is 0 Å². The minimum absolute atomic E-state index is 0.0336. The Hall–Kier alpha value is -1.84. The molecule has 0 spiro atoms. The third kappa shape index (κ3) is 7.10. The van der Waals surface area contributed by atoms with E-state index < -0.39 is 24.5 Å². The van der Waals surface area contributed by atoms with Crippen LogP contribution in [0.1, 0.15) is 119 Å². The maximum atomic E-state index is 11.8. The smallest absolute Gasteiger partial charge is 0.264 e. The molecule has 0 amide bonds. The summed E-state index contributed by atoms with van der Waals surface area (Å²) in [5.41, 5.74) is 5.23. The van der Waals surface area contributed by atoms with E-state index in [1.54, 1.807) is 12.1 Å². The van der Waals surface area contributed by atoms with Gasteiger partial charge in [0.15, 0.2) is 8.32 Å². The Kier molecular flexibility index (Phi) is 9.12. The third-order valence-corrected chi connectivity index (χ3v) is 14.5. The molecule has 232 valence electrons. The highest BCUT2D eigenvalue weighted by Gasteiger charge is 2.51. The van der Waals surface area contributed by atoms with E-state index in [0.717, 1.165) is 60.0 Å². The lowest BCUT2D eigenvalue weighted by atomic mass is 9.64. The zero-order chi connectivity index (χ0) is 31.3. The average molecular weight is 614 g/mol. The molecule has 1 heterocycles. The molecular formula is C34H51NO5SSi. The van der Waals surface area contributed by atoms with Crippen molar-refractivity contribution in [1.29, 1.82) is 0 Å². The van der Waals surface area contributed by atoms with Gasteiger partial charge in [-0.15, -0.1) is 0 Å². The molecule has 2 aliphatic rings. The number of aliphatic hydroxyl groups is 1. The number of aromatic nitrogens is 1. The van der Waals surface area contributed by atoms with Crippen LogP contribution < -0.4 is 0 Å². The van der Waals surface area contributed by atoms with Crippen LogP contribution in [0.2, 0.25) is 18.1 Å². The second-order valence-corrected chi connectivity index (χ2v) is 21.5. The van der Waals surface area contributed by atoms with Gasteiger partial charge in [0, 0.05) is 22.9 Å². The molecule has 2 aromatic rings. The normalized spacial score (nSPS) is 23.3. The van der Waals surface area contributed by atoms with Gasteiger partial charge in [-0.05, 0) is 77.9 Å². The van der Waals surface area contributed by atoms with Crippen LogP contribution in [0, 0.1) is 5.41 Å². The number of pyridine rings is 1. The maximum Gasteiger partial charge on any atom is 0.264 e. The lowest BCUT2D eigenvalue weighted by Gasteiger charge is -2.50. The maximum absolute atomic E-state index is 11.8. The fraction of sp³-hybridized carbons (Fsp3) is 0.618. The minimum atomic E-state index is -3.53. The lowest BCUT2D eigenvalue weighted by Crippen LogP contribution is -2.52. The van der Waals surface area contributed by atoms with Crippen LogP contribution in [0.4, 0.5) is 0 Å². The molecule has 0 fully saturated rings. The van der Waals surface area contributed by atoms with Gasteiger partial charge < -0.3 is 9.53 Å². The Labute approximate surface area is 255 Å². The fourth-order valence-electron chi connectivity index (χ4n) is 6.25. The fourth-order valence-corrected chi connectivity index (χ4v) is 8.17. The predicted octanol–water partition coefficient (Wildman–Crippen LogP) is 7.93. The van der Waals surface area contributed by atoms with E-state index in [2.05, 4.69) is 79.8 Å². The molecule has 0 bridgehead atoms. The van der Waals surface area contributed by atoms with Crippen LogP contribution in [0.3, 0.4) is 0 Å². The van der Waals surface area contributed by atoms with Gasteiger partial charge in [-0.2, -0.15) is 8.42 Å². The van der Waals surface area contributed by atoms with Crippen LogP contribution in [0.25, 0.3) is 0 Å². The summed E-state index contributed by atoms with van der Waals surface area (Å²) in [6.45, 7) is 20.5. The van der Waals surface area contributed by atoms with E-state index in [1.165, 1.54) is 5.56 Å². The lowest BCUT2D eigenvalue weighted by molar-refractivity contribution is 0.0469. The van der Waals surface area contributed by atoms with E-state index in [9.17, 15) is 13.5 Å². The number of fused-ring (bicyclic) bond motifs is 1. The summed E-state index contributed by atoms with van der Waals surface area (Å²) < 4.78 is 35.1. The molecule has 1 aromatic carbocycles. The van der Waals surface area contributed by atoms with Crippen molar-refractivity contribution in [2.45, 2.75) is 122 Å². The van der Waals surface area contributed by atoms with Gasteiger partial charge >= 0.3 is 0 Å². The summed E-state index contributed by atoms with van der Waals surface area (Å²) in [6, 6.07) is 9.53. The monoisotopic (exact) mass is 613 g/mol. The quantitative estimate of drug-likeness (QED) is 0.176. The first-order chi connectivity index (χ1) is 19.2. The molecule has 1 N–H and O–H groups in total. The largest absolute Gasteiger partial charge is 0.407 e. The highest BCUT2D eigenvalue weighted by molar-refractivity contribution is 7.85. The van der Waals surface area contributed by atoms with E-state index in [1.807, 2.05) is 12.1 Å². The molecule has 8 heteroatoms. The summed E-state index contributed by atoms with van der Waals surface area (Å²) in [5.74, 6) is 0.272. The summed E-state index contributed by atoms with van der Waals surface area (Å²) in [7, 11) is -5.64. The topological polar surface area (TPSA) is 85.7 Å². The van der Waals surface area contributed by atoms with Crippen molar-refractivity contribution in [3.05, 3.63) is 76.1 Å². The van der Waals surface area contributed by atoms with Gasteiger partial charge in [-0.1, -0.05) is 84.9 Å². The van der Waals surface area contributed by atoms with Gasteiger partial charge in [0.25, 0.3) is 10.1 Å². The molecule has 2 aliphatic carbocycles. The van der Waals surface area contributed by atoms with Crippen LogP contribution in [-0.2, 0) is 31.8 Å². The third-order valence-electron chi connectivity index (χ3n) is 9.49. The Balaban J connectivity index is 1.80. The summed E-state index contributed by atoms with van der Waals surface area (Å²) >= 11 is 0. The number of rotatable bonds is 9. The standard InChI is InChI=1S/C34H51NO5SSi/c1-23(2)30-27(31(36)25-15-13-24(14-16-25)22-39-41(8,37)38)19-26-28(20-33(6,7)21-29(26)35-30)34(17-11-12-18-34)40-42(9,10)32(3,4)5/h11,13-17,19,23,28,31,36H,12,18,20-22H2,1-10H3/t28-,31+,34?/m0/s1. The van der Waals surface area contributed by atoms with Gasteiger partial charge in [-0.25, -0.2) is 0 Å². The first kappa shape index (κ1) is 33.1. The number of aliphatic hydroxyl groups excluding tert-OH is 1. The Morgan fingerprint density at radius 2 is 1.79 bits per heavy atom. The number of hydrogen-bond acceptors (Lipinski definition) is 6. The van der Waals surface area contributed by atoms with E-state index in [4.69, 9.17) is 13.6 Å². The first-order valence-electron chi connectivity index (χ1n) is 15.3. The first-order valence-corrected chi connectivity index (χ1v) is 20.0. The molecule has 1 unspecified atom stereocenters. The minimum Gasteiger partial charge on any atom is -0.407 e. The van der Waals surface area contributed by atoms with Crippen molar-refractivity contribution >= 4 is 18.4 Å². The van der Waals surface area contributed by atoms with Crippen LogP contribution >= 0.6 is 0 Å². The molecule has 0 saturated heterocycles. The van der Waals surface area contributed by atoms with E-state index >= 15 is 0 Å². The van der Waals surface area contributed by atoms with E-state index in [-0.39, 0.29) is 34.5 Å². The number of nitrogens with zero attached hydrogens (tertiary/aromatic N) is 1. The summed E-state index contributed by atoms with van der Waals surface area (Å²) in [5, 5.41) is 11.9. The van der Waals surface area contributed by atoms with Gasteiger partial charge in [0.1, 0.15) is 6.10 Å². The molecule has 1 aromatic heterocycles. The molecule has 3 atom stereocenters.